The van der Waals surface area contributed by atoms with Crippen molar-refractivity contribution in [2.75, 3.05) is 46.2 Å². The van der Waals surface area contributed by atoms with Gasteiger partial charge in [0.2, 0.25) is 0 Å². The van der Waals surface area contributed by atoms with Gasteiger partial charge in [-0.15, -0.1) is 0 Å². The van der Waals surface area contributed by atoms with Gasteiger partial charge in [0.25, 0.3) is 0 Å². The number of benzene rings is 3. The number of fused-ring (bicyclic) bond motifs is 1. The second-order valence-corrected chi connectivity index (χ2v) is 13.6. The molecular formula is C43H57Cl2N5O4. The van der Waals surface area contributed by atoms with E-state index < -0.39 is 5.97 Å². The number of nitrogens with one attached hydrogen (secondary N) is 2. The largest absolute Gasteiger partial charge is 0.494 e. The van der Waals surface area contributed by atoms with Gasteiger partial charge >= 0.3 is 5.97 Å². The Morgan fingerprint density at radius 1 is 1.04 bits per heavy atom. The molecule has 0 amide bonds. The number of ether oxygens (including phenoxy) is 1. The predicted molar refractivity (Wildman–Crippen MR) is 231 cm³/mol. The number of carboxylic acids is 1. The summed E-state index contributed by atoms with van der Waals surface area (Å²) in [5, 5.41) is 25.5. The van der Waals surface area contributed by atoms with Crippen molar-refractivity contribution in [3.05, 3.63) is 97.7 Å². The maximum absolute atomic E-state index is 12.2. The van der Waals surface area contributed by atoms with Gasteiger partial charge in [0.05, 0.1) is 34.1 Å². The van der Waals surface area contributed by atoms with E-state index in [1.807, 2.05) is 118 Å². The molecule has 292 valence electrons. The number of aromatic nitrogens is 1. The minimum absolute atomic E-state index is 0.279. The number of halogens is 2. The summed E-state index contributed by atoms with van der Waals surface area (Å²) in [6.45, 7) is 17.8. The van der Waals surface area contributed by atoms with Gasteiger partial charge in [0, 0.05) is 67.5 Å². The van der Waals surface area contributed by atoms with Gasteiger partial charge in [-0.05, 0) is 119 Å². The molecule has 3 N–H and O–H groups in total. The van der Waals surface area contributed by atoms with Crippen molar-refractivity contribution in [2.45, 2.75) is 61.3 Å². The van der Waals surface area contributed by atoms with E-state index in [1.54, 1.807) is 11.2 Å². The molecule has 4 rings (SSSR count). The Kier molecular flexibility index (Phi) is 18.5. The molecule has 1 heterocycles. The van der Waals surface area contributed by atoms with Crippen molar-refractivity contribution in [3.63, 3.8) is 0 Å². The Bertz CT molecular complexity index is 1970. The lowest BCUT2D eigenvalue weighted by molar-refractivity contribution is -0.0980. The lowest BCUT2D eigenvalue weighted by Gasteiger charge is -2.23. The standard InChI is InChI=1S/C40H49Cl2N5O3.C2H6.CH2O/c1-10-31(27(5)45-46(7)8)36-35(41)14-13-32(38(36)44-16-15-43-6)28(12-11-17-50-30-20-25(3)37(42)26(4)21-30)22-29-18-24(2)19-33-34(40(48)49)23-47(9)39(29)33;2*1-2/h10,13-14,18-23,43-44H,11-12,15-17H2,1-9H3,(H,48,49);1-2H3;1H2/b28-22+,31-10-,45-27-;;. The maximum atomic E-state index is 12.2. The number of likely N-dealkylation sites (N-methyl/N-ethyl adjacent to an activating group) is 1. The van der Waals surface area contributed by atoms with Crippen LogP contribution in [0.4, 0.5) is 5.69 Å². The van der Waals surface area contributed by atoms with Gasteiger partial charge in [0.1, 0.15) is 12.5 Å². The molecule has 9 nitrogen and oxygen atoms in total. The third kappa shape index (κ3) is 11.5. The first-order chi connectivity index (χ1) is 25.8. The molecule has 0 aliphatic heterocycles. The van der Waals surface area contributed by atoms with Crippen molar-refractivity contribution in [1.82, 2.24) is 14.9 Å². The number of hydrogen-bond acceptors (Lipinski definition) is 7. The average Bonchev–Trinajstić information content (AvgIpc) is 3.47. The van der Waals surface area contributed by atoms with Gasteiger partial charge in [-0.25, -0.2) is 4.79 Å². The number of carbonyl (C=O) groups is 2. The highest BCUT2D eigenvalue weighted by atomic mass is 35.5. The number of hydrogen-bond donors (Lipinski definition) is 3. The fraction of sp³-hybridized carbons (Fsp3) is 0.372. The number of nitrogens with zero attached hydrogens (tertiary/aromatic N) is 3. The van der Waals surface area contributed by atoms with E-state index in [1.165, 1.54) is 0 Å². The zero-order valence-corrected chi connectivity index (χ0v) is 35.2. The SMILES string of the molecule is C/C=C(/C(C)=N\N(C)C)c1c(Cl)ccc(/C(=C/c2cc(C)cc3c(C(=O)O)cn(C)c23)CCCOc2cc(C)c(Cl)c(C)c2)c1NCCNC.C=O.CC. The predicted octanol–water partition coefficient (Wildman–Crippen LogP) is 10.3. The van der Waals surface area contributed by atoms with E-state index in [0.29, 0.717) is 30.0 Å². The Labute approximate surface area is 331 Å². The van der Waals surface area contributed by atoms with Crippen LogP contribution in [0, 0.1) is 20.8 Å². The number of aryl methyl sites for hydroxylation is 4. The Morgan fingerprint density at radius 3 is 2.26 bits per heavy atom. The monoisotopic (exact) mass is 777 g/mol. The minimum atomic E-state index is -0.951. The van der Waals surface area contributed by atoms with E-state index >= 15 is 0 Å². The number of allylic oxidation sites excluding steroid dienone is 3. The number of rotatable bonds is 15. The molecule has 0 radical (unpaired) electrons. The van der Waals surface area contributed by atoms with E-state index in [0.717, 1.165) is 85.2 Å². The number of aromatic carboxylic acids is 1. The summed E-state index contributed by atoms with van der Waals surface area (Å²) < 4.78 is 8.14. The van der Waals surface area contributed by atoms with E-state index in [9.17, 15) is 9.90 Å². The zero-order valence-electron chi connectivity index (χ0n) is 33.7. The van der Waals surface area contributed by atoms with E-state index in [-0.39, 0.29) is 5.56 Å². The first-order valence-corrected chi connectivity index (χ1v) is 18.9. The average molecular weight is 779 g/mol. The van der Waals surface area contributed by atoms with Gasteiger partial charge in [-0.2, -0.15) is 5.10 Å². The molecule has 0 fully saturated rings. The number of carboxylic acid groups (broad SMARTS) is 1. The van der Waals surface area contributed by atoms with Crippen LogP contribution in [0.2, 0.25) is 10.0 Å². The van der Waals surface area contributed by atoms with Crippen LogP contribution in [-0.2, 0) is 11.8 Å². The Balaban J connectivity index is 0.00000244. The van der Waals surface area contributed by atoms with Crippen LogP contribution in [0.15, 0.2) is 53.8 Å². The molecule has 4 aromatic rings. The molecule has 0 aliphatic rings. The Morgan fingerprint density at radius 2 is 1.69 bits per heavy atom. The number of carbonyl (C=O) groups excluding carboxylic acids is 1. The van der Waals surface area contributed by atoms with E-state index in [4.69, 9.17) is 37.8 Å². The fourth-order valence-electron chi connectivity index (χ4n) is 6.42. The summed E-state index contributed by atoms with van der Waals surface area (Å²) in [5.41, 5.74) is 10.6. The van der Waals surface area contributed by atoms with Crippen LogP contribution in [0.25, 0.3) is 28.1 Å². The van der Waals surface area contributed by atoms with Crippen LogP contribution >= 0.6 is 23.2 Å². The smallest absolute Gasteiger partial charge is 0.337 e. The first-order valence-electron chi connectivity index (χ1n) is 18.1. The van der Waals surface area contributed by atoms with Crippen molar-refractivity contribution in [2.24, 2.45) is 12.1 Å². The third-order valence-electron chi connectivity index (χ3n) is 8.55. The molecule has 0 bridgehead atoms. The number of anilines is 1. The highest BCUT2D eigenvalue weighted by Crippen LogP contribution is 2.41. The summed E-state index contributed by atoms with van der Waals surface area (Å²) in [5.74, 6) is -0.162. The highest BCUT2D eigenvalue weighted by Gasteiger charge is 2.22. The molecule has 0 spiro atoms. The molecule has 3 aromatic carbocycles. The van der Waals surface area contributed by atoms with E-state index in [2.05, 4.69) is 28.8 Å². The van der Waals surface area contributed by atoms with Gasteiger partial charge in [-0.1, -0.05) is 49.2 Å². The molecule has 11 heteroatoms. The lowest BCUT2D eigenvalue weighted by Crippen LogP contribution is -2.19. The van der Waals surface area contributed by atoms with Crippen LogP contribution in [0.1, 0.15) is 84.3 Å². The van der Waals surface area contributed by atoms with Crippen molar-refractivity contribution in [1.29, 1.82) is 0 Å². The van der Waals surface area contributed by atoms with Gasteiger partial charge < -0.3 is 34.8 Å². The first kappa shape index (κ1) is 45.6. The molecule has 0 saturated carbocycles. The maximum Gasteiger partial charge on any atom is 0.337 e. The van der Waals surface area contributed by atoms with Crippen molar-refractivity contribution >= 4 is 75.5 Å². The molecular weight excluding hydrogens is 721 g/mol. The molecule has 0 atom stereocenters. The quantitative estimate of drug-likeness (QED) is 0.0477. The highest BCUT2D eigenvalue weighted by molar-refractivity contribution is 6.36. The fourth-order valence-corrected chi connectivity index (χ4v) is 6.79. The van der Waals surface area contributed by atoms with Gasteiger partial charge in [-0.3, -0.25) is 0 Å². The zero-order chi connectivity index (χ0) is 40.7. The second kappa shape index (κ2) is 22.0. The number of hydrazone groups is 1. The van der Waals surface area contributed by atoms with Crippen LogP contribution in [0.3, 0.4) is 0 Å². The molecule has 0 aliphatic carbocycles. The summed E-state index contributed by atoms with van der Waals surface area (Å²) >= 11 is 13.5. The summed E-state index contributed by atoms with van der Waals surface area (Å²) in [4.78, 5) is 20.2. The lowest BCUT2D eigenvalue weighted by atomic mass is 9.90. The third-order valence-corrected chi connectivity index (χ3v) is 9.46. The van der Waals surface area contributed by atoms with Crippen LogP contribution < -0.4 is 15.4 Å². The normalized spacial score (nSPS) is 11.8. The summed E-state index contributed by atoms with van der Waals surface area (Å²) in [6, 6.07) is 12.0. The molecule has 54 heavy (non-hydrogen) atoms. The van der Waals surface area contributed by atoms with Gasteiger partial charge in [0.15, 0.2) is 0 Å². The van der Waals surface area contributed by atoms with Crippen LogP contribution in [-0.4, -0.2) is 74.0 Å². The van der Waals surface area contributed by atoms with Crippen molar-refractivity contribution in [3.8, 4) is 5.75 Å². The summed E-state index contributed by atoms with van der Waals surface area (Å²) in [7, 11) is 7.62. The minimum Gasteiger partial charge on any atom is -0.494 e. The molecule has 0 unspecified atom stereocenters. The Hall–Kier alpha value is -4.57. The summed E-state index contributed by atoms with van der Waals surface area (Å²) in [6.07, 6.45) is 7.31. The molecule has 0 saturated heterocycles. The van der Waals surface area contributed by atoms with Crippen LogP contribution in [0.5, 0.6) is 5.75 Å². The van der Waals surface area contributed by atoms with Crippen molar-refractivity contribution < 1.29 is 19.4 Å². The molecule has 1 aromatic heterocycles. The second-order valence-electron chi connectivity index (χ2n) is 12.8. The topological polar surface area (TPSA) is 108 Å².